The zero-order valence-electron chi connectivity index (χ0n) is 12.4. The first-order valence-electron chi connectivity index (χ1n) is 8.06. The standard InChI is InChI=1S/C16H30N2/c1-12-10-16(2,3)11-15(12)18-9-5-7-14(18)13-6-4-8-17-13/h12-15,17H,4-11H2,1-3H3. The van der Waals surface area contributed by atoms with Gasteiger partial charge in [0.15, 0.2) is 0 Å². The normalized spacial score (nSPS) is 44.8. The molecule has 0 spiro atoms. The zero-order chi connectivity index (χ0) is 12.8. The van der Waals surface area contributed by atoms with E-state index < -0.39 is 0 Å². The molecule has 0 amide bonds. The molecular formula is C16H30N2. The molecule has 2 heteroatoms. The molecule has 18 heavy (non-hydrogen) atoms. The van der Waals surface area contributed by atoms with Crippen molar-refractivity contribution >= 4 is 0 Å². The number of hydrogen-bond acceptors (Lipinski definition) is 2. The van der Waals surface area contributed by atoms with E-state index in [4.69, 9.17) is 0 Å². The molecule has 4 unspecified atom stereocenters. The topological polar surface area (TPSA) is 15.3 Å². The molecule has 0 aromatic heterocycles. The monoisotopic (exact) mass is 250 g/mol. The van der Waals surface area contributed by atoms with Crippen LogP contribution in [-0.4, -0.2) is 36.1 Å². The van der Waals surface area contributed by atoms with Crippen LogP contribution in [0.1, 0.15) is 59.3 Å². The van der Waals surface area contributed by atoms with E-state index in [1.54, 1.807) is 0 Å². The van der Waals surface area contributed by atoms with Gasteiger partial charge in [0.2, 0.25) is 0 Å². The van der Waals surface area contributed by atoms with Gasteiger partial charge in [0, 0.05) is 18.1 Å². The third-order valence-corrected chi connectivity index (χ3v) is 5.62. The molecule has 2 heterocycles. The Morgan fingerprint density at radius 3 is 2.50 bits per heavy atom. The van der Waals surface area contributed by atoms with Gasteiger partial charge in [-0.05, 0) is 62.9 Å². The minimum atomic E-state index is 0.570. The summed E-state index contributed by atoms with van der Waals surface area (Å²) < 4.78 is 0. The fourth-order valence-corrected chi connectivity index (χ4v) is 5.00. The average molecular weight is 250 g/mol. The maximum absolute atomic E-state index is 3.75. The maximum atomic E-state index is 3.75. The first kappa shape index (κ1) is 12.9. The fourth-order valence-electron chi connectivity index (χ4n) is 5.00. The van der Waals surface area contributed by atoms with E-state index in [1.165, 1.54) is 51.6 Å². The van der Waals surface area contributed by atoms with Gasteiger partial charge in [-0.3, -0.25) is 4.90 Å². The van der Waals surface area contributed by atoms with Gasteiger partial charge in [0.05, 0.1) is 0 Å². The van der Waals surface area contributed by atoms with Crippen molar-refractivity contribution in [2.45, 2.75) is 77.4 Å². The van der Waals surface area contributed by atoms with E-state index >= 15 is 0 Å². The molecule has 0 bridgehead atoms. The second kappa shape index (κ2) is 4.79. The van der Waals surface area contributed by atoms with Gasteiger partial charge in [0.1, 0.15) is 0 Å². The van der Waals surface area contributed by atoms with Gasteiger partial charge in [-0.25, -0.2) is 0 Å². The lowest BCUT2D eigenvalue weighted by Crippen LogP contribution is -2.49. The summed E-state index contributed by atoms with van der Waals surface area (Å²) in [7, 11) is 0. The molecule has 1 aliphatic carbocycles. The van der Waals surface area contributed by atoms with E-state index in [0.29, 0.717) is 5.41 Å². The van der Waals surface area contributed by atoms with Gasteiger partial charge in [0.25, 0.3) is 0 Å². The SMILES string of the molecule is CC1CC(C)(C)CC1N1CCCC1C1CCCN1. The summed E-state index contributed by atoms with van der Waals surface area (Å²) in [4.78, 5) is 2.89. The molecule has 4 atom stereocenters. The molecule has 2 aliphatic heterocycles. The van der Waals surface area contributed by atoms with Crippen LogP contribution in [0.3, 0.4) is 0 Å². The average Bonchev–Trinajstić information content (AvgIpc) is 2.97. The summed E-state index contributed by atoms with van der Waals surface area (Å²) in [5.41, 5.74) is 0.570. The van der Waals surface area contributed by atoms with Crippen LogP contribution in [0.5, 0.6) is 0 Å². The van der Waals surface area contributed by atoms with Crippen molar-refractivity contribution in [1.82, 2.24) is 10.2 Å². The van der Waals surface area contributed by atoms with Gasteiger partial charge in [-0.15, -0.1) is 0 Å². The van der Waals surface area contributed by atoms with Crippen LogP contribution in [0.15, 0.2) is 0 Å². The molecule has 2 saturated heterocycles. The Balaban J connectivity index is 1.70. The quantitative estimate of drug-likeness (QED) is 0.810. The van der Waals surface area contributed by atoms with Crippen molar-refractivity contribution < 1.29 is 0 Å². The summed E-state index contributed by atoms with van der Waals surface area (Å²) in [5, 5.41) is 3.75. The first-order valence-corrected chi connectivity index (χ1v) is 8.06. The van der Waals surface area contributed by atoms with Crippen LogP contribution in [0, 0.1) is 11.3 Å². The third-order valence-electron chi connectivity index (χ3n) is 5.62. The van der Waals surface area contributed by atoms with Gasteiger partial charge in [-0.1, -0.05) is 20.8 Å². The molecule has 0 radical (unpaired) electrons. The van der Waals surface area contributed by atoms with Crippen LogP contribution in [-0.2, 0) is 0 Å². The molecule has 3 fully saturated rings. The molecule has 3 rings (SSSR count). The third kappa shape index (κ3) is 2.34. The lowest BCUT2D eigenvalue weighted by molar-refractivity contribution is 0.125. The molecule has 3 aliphatic rings. The Morgan fingerprint density at radius 1 is 1.06 bits per heavy atom. The highest BCUT2D eigenvalue weighted by Gasteiger charge is 2.44. The molecule has 104 valence electrons. The van der Waals surface area contributed by atoms with Gasteiger partial charge >= 0.3 is 0 Å². The Bertz CT molecular complexity index is 293. The highest BCUT2D eigenvalue weighted by molar-refractivity contribution is 5.00. The van der Waals surface area contributed by atoms with Crippen molar-refractivity contribution in [3.63, 3.8) is 0 Å². The van der Waals surface area contributed by atoms with E-state index in [1.807, 2.05) is 0 Å². The Kier molecular flexibility index (Phi) is 3.44. The van der Waals surface area contributed by atoms with Crippen LogP contribution in [0.25, 0.3) is 0 Å². The highest BCUT2D eigenvalue weighted by Crippen LogP contribution is 2.45. The number of rotatable bonds is 2. The lowest BCUT2D eigenvalue weighted by Gasteiger charge is -2.36. The summed E-state index contributed by atoms with van der Waals surface area (Å²) >= 11 is 0. The number of nitrogens with one attached hydrogen (secondary N) is 1. The minimum Gasteiger partial charge on any atom is -0.312 e. The summed E-state index contributed by atoms with van der Waals surface area (Å²) in [5.74, 6) is 0.891. The second-order valence-corrected chi connectivity index (χ2v) is 7.77. The summed E-state index contributed by atoms with van der Waals surface area (Å²) in [6.07, 6.45) is 8.48. The molecule has 2 nitrogen and oxygen atoms in total. The van der Waals surface area contributed by atoms with Crippen LogP contribution < -0.4 is 5.32 Å². The van der Waals surface area contributed by atoms with Crippen molar-refractivity contribution in [3.05, 3.63) is 0 Å². The van der Waals surface area contributed by atoms with E-state index in [9.17, 15) is 0 Å². The first-order chi connectivity index (χ1) is 8.57. The van der Waals surface area contributed by atoms with Crippen LogP contribution >= 0.6 is 0 Å². The molecule has 0 aromatic carbocycles. The van der Waals surface area contributed by atoms with Gasteiger partial charge in [-0.2, -0.15) is 0 Å². The van der Waals surface area contributed by atoms with Crippen LogP contribution in [0.4, 0.5) is 0 Å². The van der Waals surface area contributed by atoms with Crippen LogP contribution in [0.2, 0.25) is 0 Å². The Labute approximate surface area is 113 Å². The van der Waals surface area contributed by atoms with E-state index in [2.05, 4.69) is 31.0 Å². The van der Waals surface area contributed by atoms with E-state index in [0.717, 1.165) is 24.0 Å². The van der Waals surface area contributed by atoms with Crippen molar-refractivity contribution in [2.75, 3.05) is 13.1 Å². The maximum Gasteiger partial charge on any atom is 0.0252 e. The molecule has 0 aromatic rings. The predicted molar refractivity (Wildman–Crippen MR) is 76.7 cm³/mol. The number of likely N-dealkylation sites (tertiary alicyclic amines) is 1. The number of nitrogens with zero attached hydrogens (tertiary/aromatic N) is 1. The minimum absolute atomic E-state index is 0.570. The van der Waals surface area contributed by atoms with Crippen molar-refractivity contribution in [3.8, 4) is 0 Å². The number of hydrogen-bond donors (Lipinski definition) is 1. The molecular weight excluding hydrogens is 220 g/mol. The zero-order valence-corrected chi connectivity index (χ0v) is 12.4. The molecule has 1 N–H and O–H groups in total. The summed E-state index contributed by atoms with van der Waals surface area (Å²) in [6.45, 7) is 10.0. The Hall–Kier alpha value is -0.0800. The van der Waals surface area contributed by atoms with Crippen molar-refractivity contribution in [2.24, 2.45) is 11.3 Å². The molecule has 1 saturated carbocycles. The largest absolute Gasteiger partial charge is 0.312 e. The van der Waals surface area contributed by atoms with E-state index in [-0.39, 0.29) is 0 Å². The highest BCUT2D eigenvalue weighted by atomic mass is 15.2. The lowest BCUT2D eigenvalue weighted by atomic mass is 9.91. The smallest absolute Gasteiger partial charge is 0.0252 e. The fraction of sp³-hybridized carbons (Fsp3) is 1.00. The Morgan fingerprint density at radius 2 is 1.89 bits per heavy atom. The summed E-state index contributed by atoms with van der Waals surface area (Å²) in [6, 6.07) is 2.49. The second-order valence-electron chi connectivity index (χ2n) is 7.77. The predicted octanol–water partition coefficient (Wildman–Crippen LogP) is 3.03. The van der Waals surface area contributed by atoms with Crippen molar-refractivity contribution in [1.29, 1.82) is 0 Å². The van der Waals surface area contributed by atoms with Gasteiger partial charge < -0.3 is 5.32 Å².